The molecule has 19 heavy (non-hydrogen) atoms. The van der Waals surface area contributed by atoms with Crippen LogP contribution in [0.2, 0.25) is 5.02 Å². The fourth-order valence-corrected chi connectivity index (χ4v) is 4.00. The average Bonchev–Trinajstić information content (AvgIpc) is 2.85. The maximum Gasteiger partial charge on any atom is 0.0948 e. The zero-order chi connectivity index (χ0) is 13.4. The first-order valence-electron chi connectivity index (χ1n) is 6.03. The standard InChI is InChI=1S/C16H12Cl2S/c1-10-6-7-13(12-5-3-2-4-11(10)12)15(18)16-14(17)8-9-19-16/h2-9,15H,1H3. The Labute approximate surface area is 126 Å². The molecular weight excluding hydrogens is 295 g/mol. The molecule has 0 spiro atoms. The Kier molecular flexibility index (Phi) is 3.53. The van der Waals surface area contributed by atoms with Gasteiger partial charge in [0.2, 0.25) is 0 Å². The van der Waals surface area contributed by atoms with Crippen molar-refractivity contribution in [2.45, 2.75) is 12.3 Å². The molecule has 0 saturated heterocycles. The number of thiophene rings is 1. The monoisotopic (exact) mass is 306 g/mol. The van der Waals surface area contributed by atoms with Crippen LogP contribution in [0.25, 0.3) is 10.8 Å². The van der Waals surface area contributed by atoms with Gasteiger partial charge in [0.05, 0.1) is 10.4 Å². The van der Waals surface area contributed by atoms with E-state index in [9.17, 15) is 0 Å². The lowest BCUT2D eigenvalue weighted by atomic mass is 9.98. The van der Waals surface area contributed by atoms with Crippen LogP contribution in [-0.2, 0) is 0 Å². The molecule has 1 aromatic heterocycles. The Morgan fingerprint density at radius 3 is 2.42 bits per heavy atom. The van der Waals surface area contributed by atoms with E-state index in [0.29, 0.717) is 0 Å². The normalized spacial score (nSPS) is 12.8. The summed E-state index contributed by atoms with van der Waals surface area (Å²) in [5, 5.41) is 4.97. The molecule has 0 nitrogen and oxygen atoms in total. The molecule has 0 fully saturated rings. The van der Waals surface area contributed by atoms with Crippen molar-refractivity contribution in [3.05, 3.63) is 68.9 Å². The molecule has 0 amide bonds. The van der Waals surface area contributed by atoms with Crippen LogP contribution < -0.4 is 0 Å². The van der Waals surface area contributed by atoms with Crippen LogP contribution in [0.1, 0.15) is 21.4 Å². The predicted octanol–water partition coefficient (Wildman–Crippen LogP) is 6.19. The summed E-state index contributed by atoms with van der Waals surface area (Å²) in [4.78, 5) is 1.01. The first-order valence-corrected chi connectivity index (χ1v) is 7.73. The minimum Gasteiger partial charge on any atom is -0.145 e. The van der Waals surface area contributed by atoms with Crippen LogP contribution in [0.15, 0.2) is 47.8 Å². The van der Waals surface area contributed by atoms with Crippen LogP contribution in [0, 0.1) is 6.92 Å². The predicted molar refractivity (Wildman–Crippen MR) is 85.7 cm³/mol. The van der Waals surface area contributed by atoms with Crippen LogP contribution in [0.5, 0.6) is 0 Å². The number of aryl methyl sites for hydroxylation is 1. The Morgan fingerprint density at radius 2 is 1.74 bits per heavy atom. The van der Waals surface area contributed by atoms with E-state index in [2.05, 4.69) is 37.3 Å². The number of halogens is 2. The highest BCUT2D eigenvalue weighted by molar-refractivity contribution is 7.11. The third kappa shape index (κ3) is 2.27. The van der Waals surface area contributed by atoms with E-state index < -0.39 is 0 Å². The zero-order valence-electron chi connectivity index (χ0n) is 10.4. The first-order chi connectivity index (χ1) is 9.18. The molecule has 3 aromatic rings. The molecule has 0 N–H and O–H groups in total. The smallest absolute Gasteiger partial charge is 0.0948 e. The number of rotatable bonds is 2. The third-order valence-corrected chi connectivity index (χ3v) is 5.33. The molecule has 0 aliphatic carbocycles. The lowest BCUT2D eigenvalue weighted by Gasteiger charge is -2.13. The second kappa shape index (κ2) is 5.16. The summed E-state index contributed by atoms with van der Waals surface area (Å²) in [6.45, 7) is 2.12. The highest BCUT2D eigenvalue weighted by Gasteiger charge is 2.18. The van der Waals surface area contributed by atoms with E-state index in [4.69, 9.17) is 23.2 Å². The summed E-state index contributed by atoms with van der Waals surface area (Å²) in [6.07, 6.45) is 0. The Morgan fingerprint density at radius 1 is 1.00 bits per heavy atom. The van der Waals surface area contributed by atoms with Gasteiger partial charge in [0.15, 0.2) is 0 Å². The Hall–Kier alpha value is -1.02. The van der Waals surface area contributed by atoms with Gasteiger partial charge in [0.25, 0.3) is 0 Å². The fourth-order valence-electron chi connectivity index (χ4n) is 2.32. The number of alkyl halides is 1. The minimum absolute atomic E-state index is 0.196. The van der Waals surface area contributed by atoms with Gasteiger partial charge in [0, 0.05) is 4.88 Å². The van der Waals surface area contributed by atoms with E-state index in [1.54, 1.807) is 11.3 Å². The van der Waals surface area contributed by atoms with Crippen molar-refractivity contribution in [3.63, 3.8) is 0 Å². The maximum atomic E-state index is 6.64. The summed E-state index contributed by atoms with van der Waals surface area (Å²) in [7, 11) is 0. The molecule has 3 heteroatoms. The zero-order valence-corrected chi connectivity index (χ0v) is 12.7. The summed E-state index contributed by atoms with van der Waals surface area (Å²) in [5.41, 5.74) is 2.38. The molecular formula is C16H12Cl2S. The Balaban J connectivity index is 2.21. The fraction of sp³-hybridized carbons (Fsp3) is 0.125. The van der Waals surface area contributed by atoms with Crippen molar-refractivity contribution in [1.29, 1.82) is 0 Å². The maximum absolute atomic E-state index is 6.64. The van der Waals surface area contributed by atoms with E-state index in [1.807, 2.05) is 17.5 Å². The largest absolute Gasteiger partial charge is 0.145 e. The first kappa shape index (κ1) is 13.0. The van der Waals surface area contributed by atoms with Crippen molar-refractivity contribution >= 4 is 45.3 Å². The molecule has 0 radical (unpaired) electrons. The van der Waals surface area contributed by atoms with Gasteiger partial charge in [-0.05, 0) is 40.3 Å². The second-order valence-electron chi connectivity index (χ2n) is 4.51. The highest BCUT2D eigenvalue weighted by atomic mass is 35.5. The molecule has 1 unspecified atom stereocenters. The number of hydrogen-bond acceptors (Lipinski definition) is 1. The molecule has 1 heterocycles. The van der Waals surface area contributed by atoms with Gasteiger partial charge < -0.3 is 0 Å². The van der Waals surface area contributed by atoms with E-state index in [0.717, 1.165) is 15.5 Å². The molecule has 0 bridgehead atoms. The van der Waals surface area contributed by atoms with Gasteiger partial charge in [-0.25, -0.2) is 0 Å². The van der Waals surface area contributed by atoms with Crippen molar-refractivity contribution in [3.8, 4) is 0 Å². The van der Waals surface area contributed by atoms with Crippen LogP contribution in [-0.4, -0.2) is 0 Å². The summed E-state index contributed by atoms with van der Waals surface area (Å²) in [6, 6.07) is 14.5. The number of hydrogen-bond donors (Lipinski definition) is 0. The van der Waals surface area contributed by atoms with Crippen LogP contribution >= 0.6 is 34.5 Å². The van der Waals surface area contributed by atoms with Crippen LogP contribution in [0.3, 0.4) is 0 Å². The van der Waals surface area contributed by atoms with Gasteiger partial charge >= 0.3 is 0 Å². The highest BCUT2D eigenvalue weighted by Crippen LogP contribution is 2.40. The molecule has 96 valence electrons. The summed E-state index contributed by atoms with van der Waals surface area (Å²) < 4.78 is 0. The SMILES string of the molecule is Cc1ccc(C(Cl)c2sccc2Cl)c2ccccc12. The quantitative estimate of drug-likeness (QED) is 0.495. The second-order valence-corrected chi connectivity index (χ2v) is 6.30. The molecule has 3 rings (SSSR count). The van der Waals surface area contributed by atoms with E-state index >= 15 is 0 Å². The molecule has 0 aliphatic rings. The van der Waals surface area contributed by atoms with Crippen molar-refractivity contribution in [2.75, 3.05) is 0 Å². The number of benzene rings is 2. The lowest BCUT2D eigenvalue weighted by molar-refractivity contribution is 1.20. The molecule has 0 aliphatic heterocycles. The van der Waals surface area contributed by atoms with E-state index in [-0.39, 0.29) is 5.38 Å². The minimum atomic E-state index is -0.196. The van der Waals surface area contributed by atoms with Crippen molar-refractivity contribution in [1.82, 2.24) is 0 Å². The average molecular weight is 307 g/mol. The van der Waals surface area contributed by atoms with Gasteiger partial charge in [-0.1, -0.05) is 48.0 Å². The van der Waals surface area contributed by atoms with Gasteiger partial charge in [-0.3, -0.25) is 0 Å². The Bertz CT molecular complexity index is 730. The lowest BCUT2D eigenvalue weighted by Crippen LogP contribution is -1.94. The van der Waals surface area contributed by atoms with Crippen LogP contribution in [0.4, 0.5) is 0 Å². The third-order valence-electron chi connectivity index (χ3n) is 3.32. The molecule has 2 aromatic carbocycles. The van der Waals surface area contributed by atoms with Gasteiger partial charge in [-0.2, -0.15) is 0 Å². The van der Waals surface area contributed by atoms with E-state index in [1.165, 1.54) is 16.3 Å². The summed E-state index contributed by atoms with van der Waals surface area (Å²) >= 11 is 14.4. The van der Waals surface area contributed by atoms with Crippen molar-refractivity contribution in [2.24, 2.45) is 0 Å². The van der Waals surface area contributed by atoms with Gasteiger partial charge in [0.1, 0.15) is 0 Å². The molecule has 1 atom stereocenters. The number of fused-ring (bicyclic) bond motifs is 1. The van der Waals surface area contributed by atoms with Gasteiger partial charge in [-0.15, -0.1) is 22.9 Å². The van der Waals surface area contributed by atoms with Crippen molar-refractivity contribution < 1.29 is 0 Å². The summed E-state index contributed by atoms with van der Waals surface area (Å²) in [5.74, 6) is 0. The topological polar surface area (TPSA) is 0 Å². The molecule has 0 saturated carbocycles.